The average molecular weight is 203 g/mol. The van der Waals surface area contributed by atoms with E-state index >= 15 is 0 Å². The van der Waals surface area contributed by atoms with E-state index in [0.29, 0.717) is 0 Å². The first kappa shape index (κ1) is 10.4. The second-order valence-electron chi connectivity index (χ2n) is 4.11. The van der Waals surface area contributed by atoms with E-state index < -0.39 is 0 Å². The van der Waals surface area contributed by atoms with E-state index in [2.05, 4.69) is 4.99 Å². The highest BCUT2D eigenvalue weighted by Gasteiger charge is 2.21. The molecule has 2 atom stereocenters. The summed E-state index contributed by atoms with van der Waals surface area (Å²) in [5, 5.41) is 9.73. The molecular formula is C13H17NO. The summed E-state index contributed by atoms with van der Waals surface area (Å²) in [7, 11) is 0. The first-order valence-electron chi connectivity index (χ1n) is 5.62. The quantitative estimate of drug-likeness (QED) is 0.735. The van der Waals surface area contributed by atoms with Crippen LogP contribution in [0.4, 0.5) is 0 Å². The van der Waals surface area contributed by atoms with Crippen molar-refractivity contribution in [2.24, 2.45) is 4.99 Å². The third-order valence-electron chi connectivity index (χ3n) is 2.91. The van der Waals surface area contributed by atoms with Crippen LogP contribution in [0, 0.1) is 0 Å². The number of aliphatic imine (C=N–C) groups is 1. The van der Waals surface area contributed by atoms with Gasteiger partial charge in [-0.2, -0.15) is 0 Å². The molecular weight excluding hydrogens is 186 g/mol. The van der Waals surface area contributed by atoms with Crippen molar-refractivity contribution in [3.05, 3.63) is 35.9 Å². The normalized spacial score (nSPS) is 27.0. The lowest BCUT2D eigenvalue weighted by molar-refractivity contribution is 0.110. The highest BCUT2D eigenvalue weighted by Crippen LogP contribution is 2.20. The third-order valence-corrected chi connectivity index (χ3v) is 2.91. The monoisotopic (exact) mass is 203 g/mol. The van der Waals surface area contributed by atoms with E-state index in [4.69, 9.17) is 0 Å². The van der Waals surface area contributed by atoms with Crippen molar-refractivity contribution in [2.75, 3.05) is 0 Å². The van der Waals surface area contributed by atoms with Crippen LogP contribution in [-0.4, -0.2) is 23.5 Å². The van der Waals surface area contributed by atoms with Gasteiger partial charge in [0.2, 0.25) is 0 Å². The summed E-state index contributed by atoms with van der Waals surface area (Å²) >= 11 is 0. The fraction of sp³-hybridized carbons (Fsp3) is 0.462. The molecule has 0 aromatic heterocycles. The van der Waals surface area contributed by atoms with Crippen molar-refractivity contribution < 1.29 is 5.11 Å². The summed E-state index contributed by atoms with van der Waals surface area (Å²) < 4.78 is 0. The van der Waals surface area contributed by atoms with E-state index in [-0.39, 0.29) is 12.1 Å². The summed E-state index contributed by atoms with van der Waals surface area (Å²) in [4.78, 5) is 4.46. The highest BCUT2D eigenvalue weighted by molar-refractivity contribution is 5.79. The minimum absolute atomic E-state index is 0.110. The van der Waals surface area contributed by atoms with Crippen molar-refractivity contribution in [3.63, 3.8) is 0 Å². The van der Waals surface area contributed by atoms with Gasteiger partial charge in [-0.15, -0.1) is 0 Å². The van der Waals surface area contributed by atoms with Crippen LogP contribution in [0.1, 0.15) is 31.2 Å². The fourth-order valence-corrected chi connectivity index (χ4v) is 1.99. The van der Waals surface area contributed by atoms with E-state index in [1.54, 1.807) is 0 Å². The van der Waals surface area contributed by atoms with Crippen LogP contribution in [0.5, 0.6) is 0 Å². The van der Waals surface area contributed by atoms with Gasteiger partial charge < -0.3 is 5.11 Å². The van der Waals surface area contributed by atoms with E-state index in [9.17, 15) is 5.11 Å². The molecule has 2 nitrogen and oxygen atoms in total. The molecule has 1 saturated carbocycles. The van der Waals surface area contributed by atoms with Gasteiger partial charge in [0.25, 0.3) is 0 Å². The van der Waals surface area contributed by atoms with Crippen LogP contribution in [0.25, 0.3) is 0 Å². The maximum absolute atomic E-state index is 9.73. The van der Waals surface area contributed by atoms with Gasteiger partial charge in [0.05, 0.1) is 12.1 Å². The predicted octanol–water partition coefficient (Wildman–Crippen LogP) is 2.41. The van der Waals surface area contributed by atoms with Gasteiger partial charge in [0.1, 0.15) is 0 Å². The summed E-state index contributed by atoms with van der Waals surface area (Å²) in [6.45, 7) is 0. The Morgan fingerprint density at radius 3 is 2.60 bits per heavy atom. The standard InChI is InChI=1S/C13H17NO/c15-13-9-5-4-8-12(13)14-10-11-6-2-1-3-7-11/h1-3,6-7,10,12-13,15H,4-5,8-9H2/b14-10+/t12?,13-/m1/s1. The number of benzene rings is 1. The lowest BCUT2D eigenvalue weighted by atomic mass is 9.93. The molecule has 2 rings (SSSR count). The molecule has 0 amide bonds. The molecule has 80 valence electrons. The molecule has 1 aliphatic rings. The molecule has 1 aromatic rings. The Hall–Kier alpha value is -1.15. The average Bonchev–Trinajstić information content (AvgIpc) is 2.29. The van der Waals surface area contributed by atoms with Crippen molar-refractivity contribution in [2.45, 2.75) is 37.8 Å². The molecule has 0 aliphatic heterocycles. The van der Waals surface area contributed by atoms with Crippen molar-refractivity contribution in [1.82, 2.24) is 0 Å². The van der Waals surface area contributed by atoms with Crippen LogP contribution in [-0.2, 0) is 0 Å². The number of rotatable bonds is 2. The van der Waals surface area contributed by atoms with Crippen LogP contribution < -0.4 is 0 Å². The summed E-state index contributed by atoms with van der Waals surface area (Å²) in [5.41, 5.74) is 1.11. The largest absolute Gasteiger partial charge is 0.391 e. The number of nitrogens with zero attached hydrogens (tertiary/aromatic N) is 1. The zero-order valence-electron chi connectivity index (χ0n) is 8.84. The molecule has 1 fully saturated rings. The Labute approximate surface area is 90.7 Å². The summed E-state index contributed by atoms with van der Waals surface area (Å²) in [5.74, 6) is 0. The number of aliphatic hydroxyl groups excluding tert-OH is 1. The Morgan fingerprint density at radius 2 is 1.87 bits per heavy atom. The maximum atomic E-state index is 9.73. The fourth-order valence-electron chi connectivity index (χ4n) is 1.99. The Balaban J connectivity index is 1.98. The van der Waals surface area contributed by atoms with Crippen molar-refractivity contribution in [1.29, 1.82) is 0 Å². The smallest absolute Gasteiger partial charge is 0.0763 e. The molecule has 0 bridgehead atoms. The molecule has 1 unspecified atom stereocenters. The topological polar surface area (TPSA) is 32.6 Å². The zero-order valence-corrected chi connectivity index (χ0v) is 8.84. The lowest BCUT2D eigenvalue weighted by Gasteiger charge is -2.23. The van der Waals surface area contributed by atoms with Gasteiger partial charge >= 0.3 is 0 Å². The van der Waals surface area contributed by atoms with Gasteiger partial charge in [-0.05, 0) is 18.4 Å². The summed E-state index contributed by atoms with van der Waals surface area (Å²) in [6.07, 6.45) is 5.88. The van der Waals surface area contributed by atoms with Crippen LogP contribution >= 0.6 is 0 Å². The Morgan fingerprint density at radius 1 is 1.13 bits per heavy atom. The molecule has 0 spiro atoms. The Kier molecular flexibility index (Phi) is 3.51. The van der Waals surface area contributed by atoms with E-state index in [1.807, 2.05) is 36.5 Å². The number of hydrogen-bond donors (Lipinski definition) is 1. The van der Waals surface area contributed by atoms with Gasteiger partial charge in [-0.25, -0.2) is 0 Å². The molecule has 1 aliphatic carbocycles. The molecule has 0 heterocycles. The molecule has 0 saturated heterocycles. The second-order valence-corrected chi connectivity index (χ2v) is 4.11. The van der Waals surface area contributed by atoms with E-state index in [0.717, 1.165) is 24.8 Å². The second kappa shape index (κ2) is 5.08. The van der Waals surface area contributed by atoms with Gasteiger partial charge in [-0.3, -0.25) is 4.99 Å². The first-order valence-corrected chi connectivity index (χ1v) is 5.62. The SMILES string of the molecule is O[C@@H]1CCCCC1/N=C/c1ccccc1. The van der Waals surface area contributed by atoms with Crippen molar-refractivity contribution in [3.8, 4) is 0 Å². The van der Waals surface area contributed by atoms with Crippen LogP contribution in [0.15, 0.2) is 35.3 Å². The van der Waals surface area contributed by atoms with Crippen LogP contribution in [0.3, 0.4) is 0 Å². The zero-order chi connectivity index (χ0) is 10.5. The van der Waals surface area contributed by atoms with Crippen molar-refractivity contribution >= 4 is 6.21 Å². The van der Waals surface area contributed by atoms with Gasteiger partial charge in [0.15, 0.2) is 0 Å². The molecule has 15 heavy (non-hydrogen) atoms. The molecule has 1 aromatic carbocycles. The van der Waals surface area contributed by atoms with Gasteiger partial charge in [0, 0.05) is 6.21 Å². The predicted molar refractivity (Wildman–Crippen MR) is 62.3 cm³/mol. The number of aliphatic hydroxyl groups is 1. The summed E-state index contributed by atoms with van der Waals surface area (Å²) in [6, 6.07) is 10.2. The van der Waals surface area contributed by atoms with Crippen LogP contribution in [0.2, 0.25) is 0 Å². The molecule has 1 N–H and O–H groups in total. The minimum atomic E-state index is -0.237. The molecule has 2 heteroatoms. The first-order chi connectivity index (χ1) is 7.36. The third kappa shape index (κ3) is 2.90. The number of hydrogen-bond acceptors (Lipinski definition) is 2. The highest BCUT2D eigenvalue weighted by atomic mass is 16.3. The van der Waals surface area contributed by atoms with Gasteiger partial charge in [-0.1, -0.05) is 43.2 Å². The lowest BCUT2D eigenvalue weighted by Crippen LogP contribution is -2.28. The minimum Gasteiger partial charge on any atom is -0.391 e. The Bertz CT molecular complexity index is 321. The molecule has 0 radical (unpaired) electrons. The van der Waals surface area contributed by atoms with E-state index in [1.165, 1.54) is 6.42 Å². The maximum Gasteiger partial charge on any atom is 0.0763 e.